The lowest BCUT2D eigenvalue weighted by atomic mass is 9.99. The predicted octanol–water partition coefficient (Wildman–Crippen LogP) is 6.21. The fourth-order valence-electron chi connectivity index (χ4n) is 4.29. The molecular weight excluding hydrogens is 506 g/mol. The van der Waals surface area contributed by atoms with Crippen LogP contribution in [0.25, 0.3) is 11.1 Å². The first-order chi connectivity index (χ1) is 19.0. The van der Waals surface area contributed by atoms with E-state index in [1.54, 1.807) is 20.8 Å². The summed E-state index contributed by atoms with van der Waals surface area (Å²) in [5.41, 5.74) is 8.87. The fraction of sp³-hybridized carbons (Fsp3) is 0.344. The van der Waals surface area contributed by atoms with Crippen molar-refractivity contribution >= 4 is 18.1 Å². The second-order valence-electron chi connectivity index (χ2n) is 10.6. The average Bonchev–Trinajstić information content (AvgIpc) is 2.93. The summed E-state index contributed by atoms with van der Waals surface area (Å²) in [4.78, 5) is 39.5. The quantitative estimate of drug-likeness (QED) is 0.278. The van der Waals surface area contributed by atoms with E-state index in [0.29, 0.717) is 6.42 Å². The summed E-state index contributed by atoms with van der Waals surface area (Å²) in [6.45, 7) is 7.56. The van der Waals surface area contributed by atoms with Crippen molar-refractivity contribution in [2.24, 2.45) is 5.73 Å². The van der Waals surface area contributed by atoms with Crippen molar-refractivity contribution in [3.8, 4) is 11.1 Å². The third-order valence-electron chi connectivity index (χ3n) is 6.32. The van der Waals surface area contributed by atoms with Crippen LogP contribution >= 0.6 is 0 Å². The van der Waals surface area contributed by atoms with Gasteiger partial charge in [-0.3, -0.25) is 9.69 Å². The molecule has 212 valence electrons. The average molecular weight is 546 g/mol. The molecule has 2 atom stereocenters. The number of nitrogens with one attached hydrogen (secondary N) is 1. The zero-order chi connectivity index (χ0) is 29.1. The van der Waals surface area contributed by atoms with Crippen LogP contribution in [0.2, 0.25) is 0 Å². The molecule has 3 N–H and O–H groups in total. The van der Waals surface area contributed by atoms with Crippen molar-refractivity contribution in [1.29, 1.82) is 0 Å². The lowest BCUT2D eigenvalue weighted by Gasteiger charge is -2.36. The van der Waals surface area contributed by atoms with Gasteiger partial charge in [0.05, 0.1) is 6.04 Å². The maximum absolute atomic E-state index is 13.4. The van der Waals surface area contributed by atoms with Crippen LogP contribution in [-0.2, 0) is 20.9 Å². The van der Waals surface area contributed by atoms with Crippen molar-refractivity contribution in [3.05, 3.63) is 96.1 Å². The van der Waals surface area contributed by atoms with E-state index < -0.39 is 35.8 Å². The molecule has 0 saturated heterocycles. The number of ether oxygens (including phenoxy) is 2. The summed E-state index contributed by atoms with van der Waals surface area (Å²) in [5.74, 6) is -0.648. The first-order valence-electron chi connectivity index (χ1n) is 13.5. The van der Waals surface area contributed by atoms with Crippen LogP contribution in [0.3, 0.4) is 0 Å². The molecule has 0 bridgehead atoms. The first-order valence-corrected chi connectivity index (χ1v) is 13.5. The maximum Gasteiger partial charge on any atom is 0.411 e. The Morgan fingerprint density at radius 1 is 0.875 bits per heavy atom. The van der Waals surface area contributed by atoms with Crippen LogP contribution in [0.5, 0.6) is 0 Å². The Morgan fingerprint density at radius 3 is 2.02 bits per heavy atom. The van der Waals surface area contributed by atoms with E-state index in [1.807, 2.05) is 91.9 Å². The number of carbonyl (C=O) groups is 3. The van der Waals surface area contributed by atoms with Crippen molar-refractivity contribution in [1.82, 2.24) is 10.2 Å². The Morgan fingerprint density at radius 2 is 1.45 bits per heavy atom. The second-order valence-corrected chi connectivity index (χ2v) is 10.6. The molecule has 40 heavy (non-hydrogen) atoms. The van der Waals surface area contributed by atoms with Gasteiger partial charge in [-0.25, -0.2) is 9.59 Å². The zero-order valence-corrected chi connectivity index (χ0v) is 23.6. The van der Waals surface area contributed by atoms with Crippen LogP contribution in [0.15, 0.2) is 84.9 Å². The number of primary amides is 1. The van der Waals surface area contributed by atoms with Gasteiger partial charge in [0.1, 0.15) is 18.2 Å². The largest absolute Gasteiger partial charge is 0.445 e. The molecule has 0 aliphatic heterocycles. The van der Waals surface area contributed by atoms with Gasteiger partial charge in [-0.05, 0) is 62.8 Å². The van der Waals surface area contributed by atoms with E-state index in [4.69, 9.17) is 15.2 Å². The SMILES string of the molecule is C[C@H](c1ccc(-c2ccccc2)cc1)N(C(=O)OC(C)(C)C)[C@H](CCCNC(=O)OCc1ccccc1)C(N)=O. The molecule has 8 heteroatoms. The third kappa shape index (κ3) is 9.15. The number of benzene rings is 3. The van der Waals surface area contributed by atoms with Crippen molar-refractivity contribution in [2.75, 3.05) is 6.54 Å². The van der Waals surface area contributed by atoms with Gasteiger partial charge in [0.25, 0.3) is 0 Å². The summed E-state index contributed by atoms with van der Waals surface area (Å²) >= 11 is 0. The van der Waals surface area contributed by atoms with E-state index in [2.05, 4.69) is 5.32 Å². The Labute approximate surface area is 236 Å². The zero-order valence-electron chi connectivity index (χ0n) is 23.6. The van der Waals surface area contributed by atoms with Gasteiger partial charge in [0.15, 0.2) is 0 Å². The molecular formula is C32H39N3O5. The monoisotopic (exact) mass is 545 g/mol. The minimum atomic E-state index is -0.944. The molecule has 0 radical (unpaired) electrons. The topological polar surface area (TPSA) is 111 Å². The molecule has 0 spiro atoms. The summed E-state index contributed by atoms with van der Waals surface area (Å²) in [6, 6.07) is 25.7. The van der Waals surface area contributed by atoms with E-state index >= 15 is 0 Å². The highest BCUT2D eigenvalue weighted by molar-refractivity contribution is 5.84. The molecule has 0 saturated carbocycles. The highest BCUT2D eigenvalue weighted by Crippen LogP contribution is 2.29. The van der Waals surface area contributed by atoms with Gasteiger partial charge < -0.3 is 20.5 Å². The summed E-state index contributed by atoms with van der Waals surface area (Å²) in [7, 11) is 0. The van der Waals surface area contributed by atoms with E-state index in [0.717, 1.165) is 22.3 Å². The number of nitrogens with zero attached hydrogens (tertiary/aromatic N) is 1. The highest BCUT2D eigenvalue weighted by Gasteiger charge is 2.35. The minimum Gasteiger partial charge on any atom is -0.445 e. The van der Waals surface area contributed by atoms with Crippen molar-refractivity contribution in [3.63, 3.8) is 0 Å². The molecule has 3 aromatic rings. The Kier molecular flexibility index (Phi) is 10.7. The molecule has 0 heterocycles. The lowest BCUT2D eigenvalue weighted by molar-refractivity contribution is -0.124. The summed E-state index contributed by atoms with van der Waals surface area (Å²) in [5, 5.41) is 2.69. The number of nitrogens with two attached hydrogens (primary N) is 1. The Bertz CT molecular complexity index is 1240. The smallest absolute Gasteiger partial charge is 0.411 e. The number of hydrogen-bond acceptors (Lipinski definition) is 5. The molecule has 3 aromatic carbocycles. The van der Waals surface area contributed by atoms with Crippen LogP contribution in [-0.4, -0.2) is 41.2 Å². The van der Waals surface area contributed by atoms with Gasteiger partial charge >= 0.3 is 12.2 Å². The molecule has 3 amide bonds. The van der Waals surface area contributed by atoms with Gasteiger partial charge in [0.2, 0.25) is 5.91 Å². The van der Waals surface area contributed by atoms with Gasteiger partial charge in [-0.2, -0.15) is 0 Å². The predicted molar refractivity (Wildman–Crippen MR) is 155 cm³/mol. The third-order valence-corrected chi connectivity index (χ3v) is 6.32. The fourth-order valence-corrected chi connectivity index (χ4v) is 4.29. The number of alkyl carbamates (subject to hydrolysis) is 1. The highest BCUT2D eigenvalue weighted by atomic mass is 16.6. The summed E-state index contributed by atoms with van der Waals surface area (Å²) in [6.07, 6.45) is -0.561. The number of amides is 3. The molecule has 0 aliphatic carbocycles. The van der Waals surface area contributed by atoms with Crippen molar-refractivity contribution < 1.29 is 23.9 Å². The maximum atomic E-state index is 13.4. The molecule has 3 rings (SSSR count). The molecule has 8 nitrogen and oxygen atoms in total. The van der Waals surface area contributed by atoms with Crippen LogP contribution in [0.1, 0.15) is 57.7 Å². The van der Waals surface area contributed by atoms with E-state index in [9.17, 15) is 14.4 Å². The first kappa shape index (κ1) is 30.2. The minimum absolute atomic E-state index is 0.156. The van der Waals surface area contributed by atoms with E-state index in [-0.39, 0.29) is 19.6 Å². The Balaban J connectivity index is 1.69. The van der Waals surface area contributed by atoms with Gasteiger partial charge in [0, 0.05) is 6.54 Å². The number of rotatable bonds is 11. The van der Waals surface area contributed by atoms with Gasteiger partial charge in [-0.15, -0.1) is 0 Å². The van der Waals surface area contributed by atoms with Crippen LogP contribution in [0.4, 0.5) is 9.59 Å². The lowest BCUT2D eigenvalue weighted by Crippen LogP contribution is -2.50. The Hall–Kier alpha value is -4.33. The van der Waals surface area contributed by atoms with Crippen LogP contribution in [0, 0.1) is 0 Å². The summed E-state index contributed by atoms with van der Waals surface area (Å²) < 4.78 is 10.9. The number of hydrogen-bond donors (Lipinski definition) is 2. The standard InChI is InChI=1S/C32H39N3O5/c1-23(25-17-19-27(20-18-25)26-14-9-6-10-15-26)35(31(38)40-32(2,3)4)28(29(33)36)16-11-21-34-30(37)39-22-24-12-7-5-8-13-24/h5-10,12-15,17-20,23,28H,11,16,21-22H2,1-4H3,(H2,33,36)(H,34,37)/t23-,28-/m1/s1. The second kappa shape index (κ2) is 14.2. The molecule has 0 fully saturated rings. The molecule has 0 aromatic heterocycles. The van der Waals surface area contributed by atoms with Gasteiger partial charge in [-0.1, -0.05) is 84.9 Å². The van der Waals surface area contributed by atoms with E-state index in [1.165, 1.54) is 4.90 Å². The van der Waals surface area contributed by atoms with Crippen molar-refractivity contribution in [2.45, 2.75) is 64.8 Å². The normalized spacial score (nSPS) is 12.6. The molecule has 0 aliphatic rings. The van der Waals surface area contributed by atoms with Crippen LogP contribution < -0.4 is 11.1 Å². The number of carbonyl (C=O) groups excluding carboxylic acids is 3. The molecule has 0 unspecified atom stereocenters.